The molecule has 0 saturated carbocycles. The maximum atomic E-state index is 13.4. The Morgan fingerprint density at radius 1 is 1.52 bits per heavy atom. The van der Waals surface area contributed by atoms with Crippen molar-refractivity contribution in [2.45, 2.75) is 39.2 Å². The fourth-order valence-corrected chi connectivity index (χ4v) is 2.90. The zero-order valence-electron chi connectivity index (χ0n) is 13.7. The van der Waals surface area contributed by atoms with Gasteiger partial charge in [0.1, 0.15) is 11.6 Å². The number of likely N-dealkylation sites (tertiary alicyclic amines) is 1. The summed E-state index contributed by atoms with van der Waals surface area (Å²) in [7, 11) is 0. The predicted octanol–water partition coefficient (Wildman–Crippen LogP) is 3.24. The molecule has 23 heavy (non-hydrogen) atoms. The molecule has 2 amide bonds. The molecule has 0 aliphatic carbocycles. The van der Waals surface area contributed by atoms with Gasteiger partial charge in [-0.15, -0.1) is 0 Å². The number of benzene rings is 1. The SMILES string of the molecule is CCCOc1cc(F)ccc1NC(=O)N1CCCC(C)C1CO. The van der Waals surface area contributed by atoms with E-state index in [-0.39, 0.29) is 24.6 Å². The average molecular weight is 324 g/mol. The first kappa shape index (κ1) is 17.5. The number of hydrogen-bond donors (Lipinski definition) is 2. The van der Waals surface area contributed by atoms with Crippen LogP contribution in [0.15, 0.2) is 18.2 Å². The first-order chi connectivity index (χ1) is 11.1. The van der Waals surface area contributed by atoms with Gasteiger partial charge in [-0.2, -0.15) is 0 Å². The van der Waals surface area contributed by atoms with Gasteiger partial charge in [0, 0.05) is 12.6 Å². The zero-order valence-corrected chi connectivity index (χ0v) is 13.7. The fraction of sp³-hybridized carbons (Fsp3) is 0.588. The summed E-state index contributed by atoms with van der Waals surface area (Å²) in [4.78, 5) is 14.2. The van der Waals surface area contributed by atoms with E-state index in [0.717, 1.165) is 19.3 Å². The van der Waals surface area contributed by atoms with Gasteiger partial charge >= 0.3 is 6.03 Å². The molecule has 128 valence electrons. The van der Waals surface area contributed by atoms with Gasteiger partial charge in [0.25, 0.3) is 0 Å². The molecule has 1 saturated heterocycles. The van der Waals surface area contributed by atoms with Crippen molar-refractivity contribution in [3.05, 3.63) is 24.0 Å². The molecule has 0 radical (unpaired) electrons. The van der Waals surface area contributed by atoms with E-state index in [2.05, 4.69) is 5.32 Å². The number of aliphatic hydroxyl groups is 1. The van der Waals surface area contributed by atoms with Gasteiger partial charge in [-0.3, -0.25) is 0 Å². The number of carbonyl (C=O) groups is 1. The van der Waals surface area contributed by atoms with E-state index >= 15 is 0 Å². The van der Waals surface area contributed by atoms with Gasteiger partial charge in [0.15, 0.2) is 0 Å². The first-order valence-corrected chi connectivity index (χ1v) is 8.17. The molecular weight excluding hydrogens is 299 g/mol. The Labute approximate surface area is 136 Å². The molecule has 0 spiro atoms. The highest BCUT2D eigenvalue weighted by Crippen LogP contribution is 2.28. The smallest absolute Gasteiger partial charge is 0.322 e. The lowest BCUT2D eigenvalue weighted by Gasteiger charge is -2.38. The molecule has 1 aromatic carbocycles. The highest BCUT2D eigenvalue weighted by Gasteiger charge is 2.31. The van der Waals surface area contributed by atoms with Crippen molar-refractivity contribution in [2.24, 2.45) is 5.92 Å². The average Bonchev–Trinajstić information content (AvgIpc) is 2.54. The number of aliphatic hydroxyl groups excluding tert-OH is 1. The number of anilines is 1. The summed E-state index contributed by atoms with van der Waals surface area (Å²) >= 11 is 0. The second kappa shape index (κ2) is 8.15. The van der Waals surface area contributed by atoms with Gasteiger partial charge in [-0.1, -0.05) is 13.8 Å². The Balaban J connectivity index is 2.12. The summed E-state index contributed by atoms with van der Waals surface area (Å²) in [5, 5.41) is 12.3. The number of nitrogens with zero attached hydrogens (tertiary/aromatic N) is 1. The number of carbonyl (C=O) groups excluding carboxylic acids is 1. The van der Waals surface area contributed by atoms with Crippen LogP contribution in [0.3, 0.4) is 0 Å². The van der Waals surface area contributed by atoms with Crippen molar-refractivity contribution >= 4 is 11.7 Å². The Hall–Kier alpha value is -1.82. The number of ether oxygens (including phenoxy) is 1. The van der Waals surface area contributed by atoms with Crippen LogP contribution in [0.2, 0.25) is 0 Å². The second-order valence-corrected chi connectivity index (χ2v) is 5.98. The second-order valence-electron chi connectivity index (χ2n) is 5.98. The van der Waals surface area contributed by atoms with Crippen molar-refractivity contribution in [1.82, 2.24) is 4.90 Å². The first-order valence-electron chi connectivity index (χ1n) is 8.17. The van der Waals surface area contributed by atoms with E-state index in [1.54, 1.807) is 4.90 Å². The van der Waals surface area contributed by atoms with Crippen molar-refractivity contribution in [3.63, 3.8) is 0 Å². The standard InChI is InChI=1S/C17H25FN2O3/c1-3-9-23-16-10-13(18)6-7-14(16)19-17(22)20-8-4-5-12(2)15(20)11-21/h6-7,10,12,15,21H,3-5,8-9,11H2,1-2H3,(H,19,22). The number of urea groups is 1. The highest BCUT2D eigenvalue weighted by molar-refractivity contribution is 5.91. The van der Waals surface area contributed by atoms with Crippen LogP contribution in [0.1, 0.15) is 33.1 Å². The van der Waals surface area contributed by atoms with Gasteiger partial charge in [0.05, 0.1) is 24.9 Å². The summed E-state index contributed by atoms with van der Waals surface area (Å²) in [6.45, 7) is 4.99. The minimum Gasteiger partial charge on any atom is -0.491 e. The third-order valence-electron chi connectivity index (χ3n) is 4.21. The van der Waals surface area contributed by atoms with Crippen LogP contribution in [0.4, 0.5) is 14.9 Å². The minimum atomic E-state index is -0.408. The lowest BCUT2D eigenvalue weighted by Crippen LogP contribution is -2.51. The Bertz CT molecular complexity index is 539. The molecule has 1 fully saturated rings. The van der Waals surface area contributed by atoms with Gasteiger partial charge in [-0.05, 0) is 37.3 Å². The molecular formula is C17H25FN2O3. The molecule has 0 aromatic heterocycles. The molecule has 2 N–H and O–H groups in total. The maximum Gasteiger partial charge on any atom is 0.322 e. The fourth-order valence-electron chi connectivity index (χ4n) is 2.90. The molecule has 1 aromatic rings. The molecule has 0 bridgehead atoms. The number of piperidine rings is 1. The number of amides is 2. The molecule has 5 nitrogen and oxygen atoms in total. The van der Waals surface area contributed by atoms with Crippen LogP contribution in [0, 0.1) is 11.7 Å². The largest absolute Gasteiger partial charge is 0.491 e. The highest BCUT2D eigenvalue weighted by atomic mass is 19.1. The summed E-state index contributed by atoms with van der Waals surface area (Å²) < 4.78 is 18.9. The van der Waals surface area contributed by atoms with Crippen molar-refractivity contribution in [3.8, 4) is 5.75 Å². The molecule has 2 unspecified atom stereocenters. The normalized spacial score (nSPS) is 21.1. The van der Waals surface area contributed by atoms with E-state index in [4.69, 9.17) is 4.74 Å². The summed E-state index contributed by atoms with van der Waals surface area (Å²) in [6, 6.07) is 3.58. The topological polar surface area (TPSA) is 61.8 Å². The van der Waals surface area contributed by atoms with Crippen LogP contribution in [-0.2, 0) is 0 Å². The van der Waals surface area contributed by atoms with Crippen LogP contribution in [0.5, 0.6) is 5.75 Å². The van der Waals surface area contributed by atoms with Crippen molar-refractivity contribution in [1.29, 1.82) is 0 Å². The third kappa shape index (κ3) is 4.34. The Kier molecular flexibility index (Phi) is 6.21. The van der Waals surface area contributed by atoms with Gasteiger partial charge in [0.2, 0.25) is 0 Å². The number of halogens is 1. The summed E-state index contributed by atoms with van der Waals surface area (Å²) in [5.41, 5.74) is 0.444. The molecule has 1 heterocycles. The van der Waals surface area contributed by atoms with E-state index < -0.39 is 5.82 Å². The van der Waals surface area contributed by atoms with Gasteiger partial charge < -0.3 is 20.1 Å². The van der Waals surface area contributed by atoms with Crippen LogP contribution in [0.25, 0.3) is 0 Å². The quantitative estimate of drug-likeness (QED) is 0.874. The van der Waals surface area contributed by atoms with Crippen LogP contribution in [-0.4, -0.2) is 41.8 Å². The number of hydrogen-bond acceptors (Lipinski definition) is 3. The maximum absolute atomic E-state index is 13.4. The van der Waals surface area contributed by atoms with Crippen molar-refractivity contribution in [2.75, 3.05) is 25.1 Å². The predicted molar refractivity (Wildman–Crippen MR) is 87.2 cm³/mol. The van der Waals surface area contributed by atoms with E-state index in [0.29, 0.717) is 24.6 Å². The summed E-state index contributed by atoms with van der Waals surface area (Å²) in [5.74, 6) is 0.170. The number of rotatable bonds is 5. The molecule has 1 aliphatic heterocycles. The molecule has 6 heteroatoms. The summed E-state index contributed by atoms with van der Waals surface area (Å²) in [6.07, 6.45) is 2.70. The zero-order chi connectivity index (χ0) is 16.8. The molecule has 2 rings (SSSR count). The molecule has 2 atom stereocenters. The molecule has 1 aliphatic rings. The van der Waals surface area contributed by atoms with E-state index in [9.17, 15) is 14.3 Å². The lowest BCUT2D eigenvalue weighted by atomic mass is 9.91. The van der Waals surface area contributed by atoms with E-state index in [1.165, 1.54) is 18.2 Å². The van der Waals surface area contributed by atoms with E-state index in [1.807, 2.05) is 13.8 Å². The van der Waals surface area contributed by atoms with Gasteiger partial charge in [-0.25, -0.2) is 9.18 Å². The van der Waals surface area contributed by atoms with Crippen LogP contribution >= 0.6 is 0 Å². The minimum absolute atomic E-state index is 0.0583. The van der Waals surface area contributed by atoms with Crippen molar-refractivity contribution < 1.29 is 19.0 Å². The lowest BCUT2D eigenvalue weighted by molar-refractivity contribution is 0.0811. The number of nitrogens with one attached hydrogen (secondary N) is 1. The third-order valence-corrected chi connectivity index (χ3v) is 4.21. The Morgan fingerprint density at radius 2 is 2.30 bits per heavy atom. The van der Waals surface area contributed by atoms with Crippen LogP contribution < -0.4 is 10.1 Å². The monoisotopic (exact) mass is 324 g/mol. The Morgan fingerprint density at radius 3 is 3.00 bits per heavy atom.